The molecule has 20 heavy (non-hydrogen) atoms. The fourth-order valence-corrected chi connectivity index (χ4v) is 2.34. The molecule has 1 aromatic carbocycles. The maximum atomic E-state index is 5.96. The molecule has 0 N–H and O–H groups in total. The van der Waals surface area contributed by atoms with Gasteiger partial charge in [0.05, 0.1) is 0 Å². The summed E-state index contributed by atoms with van der Waals surface area (Å²) in [5.41, 5.74) is 0. The monoisotopic (exact) mass is 294 g/mol. The summed E-state index contributed by atoms with van der Waals surface area (Å²) in [6.45, 7) is 3.75. The summed E-state index contributed by atoms with van der Waals surface area (Å²) in [5.74, 6) is 2.72. The van der Waals surface area contributed by atoms with Gasteiger partial charge in [-0.1, -0.05) is 19.1 Å². The molecule has 1 aromatic heterocycles. The normalized spacial score (nSPS) is 16.6. The molecule has 0 bridgehead atoms. The number of aryl methyl sites for hydroxylation is 1. The van der Waals surface area contributed by atoms with E-state index in [0.717, 1.165) is 36.7 Å². The minimum absolute atomic E-state index is 0. The third-order valence-corrected chi connectivity index (χ3v) is 3.24. The van der Waals surface area contributed by atoms with E-state index in [-0.39, 0.29) is 18.5 Å². The van der Waals surface area contributed by atoms with Crippen molar-refractivity contribution in [2.24, 2.45) is 0 Å². The second kappa shape index (κ2) is 6.66. The summed E-state index contributed by atoms with van der Waals surface area (Å²) < 4.78 is 13.9. The van der Waals surface area contributed by atoms with E-state index < -0.39 is 0 Å². The second-order valence-corrected chi connectivity index (χ2v) is 4.74. The molecule has 0 fully saturated rings. The Kier molecular flexibility index (Phi) is 4.90. The lowest BCUT2D eigenvalue weighted by Gasteiger charge is -2.26. The zero-order valence-corrected chi connectivity index (χ0v) is 12.3. The number of hydrogen-bond acceptors (Lipinski definition) is 3. The van der Waals surface area contributed by atoms with Crippen molar-refractivity contribution in [3.63, 3.8) is 0 Å². The van der Waals surface area contributed by atoms with E-state index in [1.54, 1.807) is 0 Å². The van der Waals surface area contributed by atoms with Gasteiger partial charge < -0.3 is 14.0 Å². The molecule has 5 heteroatoms. The number of halogens is 1. The number of ether oxygens (including phenoxy) is 2. The predicted molar refractivity (Wildman–Crippen MR) is 79.8 cm³/mol. The van der Waals surface area contributed by atoms with Gasteiger partial charge in [0.25, 0.3) is 0 Å². The Morgan fingerprint density at radius 3 is 2.90 bits per heavy atom. The number of nitrogens with zero attached hydrogens (tertiary/aromatic N) is 2. The second-order valence-electron chi connectivity index (χ2n) is 4.74. The van der Waals surface area contributed by atoms with Crippen LogP contribution < -0.4 is 9.47 Å². The van der Waals surface area contributed by atoms with Crippen LogP contribution in [0.2, 0.25) is 0 Å². The molecule has 0 radical (unpaired) electrons. The SMILES string of the molecule is CCCn1ccnc1CC1COc2ccccc2O1.Cl. The van der Waals surface area contributed by atoms with Gasteiger partial charge in [-0.05, 0) is 18.6 Å². The molecule has 0 spiro atoms. The lowest BCUT2D eigenvalue weighted by atomic mass is 10.2. The molecule has 4 nitrogen and oxygen atoms in total. The molecule has 0 saturated heterocycles. The Bertz CT molecular complexity index is 556. The maximum absolute atomic E-state index is 5.96. The van der Waals surface area contributed by atoms with Gasteiger partial charge in [0.15, 0.2) is 11.5 Å². The summed E-state index contributed by atoms with van der Waals surface area (Å²) in [4.78, 5) is 4.41. The first-order valence-electron chi connectivity index (χ1n) is 6.75. The summed E-state index contributed by atoms with van der Waals surface area (Å²) >= 11 is 0. The number of para-hydroxylation sites is 2. The number of benzene rings is 1. The van der Waals surface area contributed by atoms with E-state index >= 15 is 0 Å². The summed E-state index contributed by atoms with van der Waals surface area (Å²) in [5, 5.41) is 0. The van der Waals surface area contributed by atoms with E-state index in [1.807, 2.05) is 36.7 Å². The van der Waals surface area contributed by atoms with Gasteiger partial charge in [0, 0.05) is 25.4 Å². The summed E-state index contributed by atoms with van der Waals surface area (Å²) in [6.07, 6.45) is 5.79. The first-order chi connectivity index (χ1) is 9.36. The van der Waals surface area contributed by atoms with Gasteiger partial charge in [0.1, 0.15) is 18.5 Å². The van der Waals surface area contributed by atoms with Crippen LogP contribution in [0.4, 0.5) is 0 Å². The lowest BCUT2D eigenvalue weighted by molar-refractivity contribution is 0.0892. The molecule has 1 unspecified atom stereocenters. The largest absolute Gasteiger partial charge is 0.486 e. The van der Waals surface area contributed by atoms with Gasteiger partial charge in [-0.15, -0.1) is 12.4 Å². The zero-order chi connectivity index (χ0) is 13.1. The molecule has 1 atom stereocenters. The highest BCUT2D eigenvalue weighted by molar-refractivity contribution is 5.85. The van der Waals surface area contributed by atoms with Crippen LogP contribution in [0.25, 0.3) is 0 Å². The van der Waals surface area contributed by atoms with Gasteiger partial charge in [0.2, 0.25) is 0 Å². The number of aromatic nitrogens is 2. The highest BCUT2D eigenvalue weighted by Crippen LogP contribution is 2.31. The van der Waals surface area contributed by atoms with Crippen LogP contribution in [-0.2, 0) is 13.0 Å². The average Bonchev–Trinajstić information content (AvgIpc) is 2.86. The van der Waals surface area contributed by atoms with E-state index in [1.165, 1.54) is 0 Å². The maximum Gasteiger partial charge on any atom is 0.161 e. The molecule has 2 aromatic rings. The Labute approximate surface area is 125 Å². The number of imidazole rings is 1. The molecular weight excluding hydrogens is 276 g/mol. The van der Waals surface area contributed by atoms with Crippen molar-refractivity contribution in [1.82, 2.24) is 9.55 Å². The predicted octanol–water partition coefficient (Wildman–Crippen LogP) is 3.10. The number of fused-ring (bicyclic) bond motifs is 1. The first-order valence-corrected chi connectivity index (χ1v) is 6.75. The molecule has 0 saturated carbocycles. The molecule has 2 heterocycles. The standard InChI is InChI=1S/C15H18N2O2.ClH/c1-2-8-17-9-7-16-15(17)10-12-11-18-13-5-3-4-6-14(13)19-12;/h3-7,9,12H,2,8,10-11H2,1H3;1H. The van der Waals surface area contributed by atoms with Gasteiger partial charge in [-0.25, -0.2) is 4.98 Å². The molecule has 0 amide bonds. The van der Waals surface area contributed by atoms with Gasteiger partial charge >= 0.3 is 0 Å². The van der Waals surface area contributed by atoms with E-state index in [2.05, 4.69) is 16.5 Å². The summed E-state index contributed by atoms with van der Waals surface area (Å²) in [7, 11) is 0. The zero-order valence-electron chi connectivity index (χ0n) is 11.5. The third kappa shape index (κ3) is 3.07. The minimum Gasteiger partial charge on any atom is -0.486 e. The molecule has 1 aliphatic heterocycles. The van der Waals surface area contributed by atoms with Crippen LogP contribution in [0.3, 0.4) is 0 Å². The van der Waals surface area contributed by atoms with Crippen molar-refractivity contribution < 1.29 is 9.47 Å². The van der Waals surface area contributed by atoms with Crippen LogP contribution in [0.15, 0.2) is 36.7 Å². The van der Waals surface area contributed by atoms with Crippen molar-refractivity contribution in [2.75, 3.05) is 6.61 Å². The first kappa shape index (κ1) is 14.7. The number of rotatable bonds is 4. The van der Waals surface area contributed by atoms with Crippen molar-refractivity contribution in [1.29, 1.82) is 0 Å². The van der Waals surface area contributed by atoms with E-state index in [9.17, 15) is 0 Å². The number of hydrogen-bond donors (Lipinski definition) is 0. The third-order valence-electron chi connectivity index (χ3n) is 3.24. The summed E-state index contributed by atoms with van der Waals surface area (Å²) in [6, 6.07) is 7.79. The quantitative estimate of drug-likeness (QED) is 0.869. The van der Waals surface area contributed by atoms with Crippen molar-refractivity contribution >= 4 is 12.4 Å². The smallest absolute Gasteiger partial charge is 0.161 e. The Hall–Kier alpha value is -1.68. The van der Waals surface area contributed by atoms with Crippen molar-refractivity contribution in [3.8, 4) is 11.5 Å². The molecule has 0 aliphatic carbocycles. The Morgan fingerprint density at radius 1 is 1.30 bits per heavy atom. The van der Waals surface area contributed by atoms with Gasteiger partial charge in [-0.3, -0.25) is 0 Å². The van der Waals surface area contributed by atoms with Gasteiger partial charge in [-0.2, -0.15) is 0 Å². The Morgan fingerprint density at radius 2 is 2.10 bits per heavy atom. The van der Waals surface area contributed by atoms with E-state index in [0.29, 0.717) is 6.61 Å². The van der Waals surface area contributed by atoms with Crippen LogP contribution in [-0.4, -0.2) is 22.3 Å². The highest BCUT2D eigenvalue weighted by Gasteiger charge is 2.22. The van der Waals surface area contributed by atoms with Crippen LogP contribution in [0.5, 0.6) is 11.5 Å². The lowest BCUT2D eigenvalue weighted by Crippen LogP contribution is -2.32. The molecule has 1 aliphatic rings. The minimum atomic E-state index is 0. The van der Waals surface area contributed by atoms with Crippen molar-refractivity contribution in [2.45, 2.75) is 32.4 Å². The molecule has 3 rings (SSSR count). The average molecular weight is 295 g/mol. The van der Waals surface area contributed by atoms with Crippen LogP contribution in [0.1, 0.15) is 19.2 Å². The van der Waals surface area contributed by atoms with Crippen LogP contribution in [0, 0.1) is 0 Å². The van der Waals surface area contributed by atoms with Crippen LogP contribution >= 0.6 is 12.4 Å². The fraction of sp³-hybridized carbons (Fsp3) is 0.400. The van der Waals surface area contributed by atoms with E-state index in [4.69, 9.17) is 9.47 Å². The Balaban J connectivity index is 0.00000147. The molecular formula is C15H19ClN2O2. The molecule has 108 valence electrons. The topological polar surface area (TPSA) is 36.3 Å². The fourth-order valence-electron chi connectivity index (χ4n) is 2.34. The van der Waals surface area contributed by atoms with Crippen molar-refractivity contribution in [3.05, 3.63) is 42.5 Å². The highest BCUT2D eigenvalue weighted by atomic mass is 35.5.